The molecule has 0 nitrogen and oxygen atoms in total. The summed E-state index contributed by atoms with van der Waals surface area (Å²) in [6, 6.07) is 0. The zero-order valence-corrected chi connectivity index (χ0v) is 8.77. The normalized spacial score (nSPS) is 47.0. The fraction of sp³-hybridized carbons (Fsp3) is 1.00. The predicted octanol–water partition coefficient (Wildman–Crippen LogP) is 3.86. The van der Waals surface area contributed by atoms with Gasteiger partial charge < -0.3 is 0 Å². The highest BCUT2D eigenvalue weighted by Crippen LogP contribution is 2.55. The summed E-state index contributed by atoms with van der Waals surface area (Å²) in [6.07, 6.45) is 7.65. The number of fused-ring (bicyclic) bond motifs is 3. The first-order chi connectivity index (χ1) is 5.63. The smallest absolute Gasteiger partial charge is 0.0272 e. The van der Waals surface area contributed by atoms with E-state index >= 15 is 0 Å². The zero-order valence-electron chi connectivity index (χ0n) is 8.77. The molecular formula is C12H22. The summed E-state index contributed by atoms with van der Waals surface area (Å²) in [4.78, 5) is 0. The minimum absolute atomic E-state index is 0.696. The second kappa shape index (κ2) is 2.75. The maximum Gasteiger partial charge on any atom is -0.0272 e. The maximum atomic E-state index is 2.54. The van der Waals surface area contributed by atoms with E-state index in [-0.39, 0.29) is 0 Å². The second-order valence-electron chi connectivity index (χ2n) is 5.58. The van der Waals surface area contributed by atoms with Gasteiger partial charge in [-0.25, -0.2) is 0 Å². The molecule has 3 saturated carbocycles. The summed E-state index contributed by atoms with van der Waals surface area (Å²) in [5.74, 6) is 3.04. The standard InChI is InChI=1S/C12H22/c1-9(2)12(3)8-10-4-6-11(12)7-5-10/h9-11H,4-8H2,1-3H3. The first kappa shape index (κ1) is 8.59. The van der Waals surface area contributed by atoms with Crippen molar-refractivity contribution in [2.45, 2.75) is 52.9 Å². The van der Waals surface area contributed by atoms with Gasteiger partial charge >= 0.3 is 0 Å². The SMILES string of the molecule is CC(C)C1(C)CC2CCC1CC2. The monoisotopic (exact) mass is 166 g/mol. The van der Waals surface area contributed by atoms with Crippen LogP contribution < -0.4 is 0 Å². The molecule has 0 aromatic carbocycles. The predicted molar refractivity (Wildman–Crippen MR) is 53.0 cm³/mol. The third-order valence-electron chi connectivity index (χ3n) is 4.83. The molecule has 12 heavy (non-hydrogen) atoms. The highest BCUT2D eigenvalue weighted by atomic mass is 14.5. The Balaban J connectivity index is 2.17. The van der Waals surface area contributed by atoms with Crippen LogP contribution in [-0.2, 0) is 0 Å². The average molecular weight is 166 g/mol. The second-order valence-corrected chi connectivity index (χ2v) is 5.58. The van der Waals surface area contributed by atoms with Gasteiger partial charge in [0.25, 0.3) is 0 Å². The van der Waals surface area contributed by atoms with Crippen LogP contribution >= 0.6 is 0 Å². The third kappa shape index (κ3) is 1.11. The molecule has 0 amide bonds. The van der Waals surface area contributed by atoms with E-state index in [1.165, 1.54) is 32.1 Å². The molecule has 0 aromatic rings. The molecule has 3 aliphatic rings. The van der Waals surface area contributed by atoms with Gasteiger partial charge in [-0.15, -0.1) is 0 Å². The molecule has 3 rings (SSSR count). The van der Waals surface area contributed by atoms with Crippen LogP contribution in [0.1, 0.15) is 52.9 Å². The third-order valence-corrected chi connectivity index (χ3v) is 4.83. The molecule has 1 unspecified atom stereocenters. The summed E-state index contributed by atoms with van der Waals surface area (Å²) in [7, 11) is 0. The van der Waals surface area contributed by atoms with Crippen LogP contribution in [0, 0.1) is 23.2 Å². The van der Waals surface area contributed by atoms with Crippen LogP contribution in [0.15, 0.2) is 0 Å². The Labute approximate surface area is 76.7 Å². The van der Waals surface area contributed by atoms with Gasteiger partial charge in [-0.05, 0) is 42.4 Å². The Morgan fingerprint density at radius 1 is 1.08 bits per heavy atom. The van der Waals surface area contributed by atoms with E-state index in [1.54, 1.807) is 0 Å². The molecule has 0 aromatic heterocycles. The van der Waals surface area contributed by atoms with Gasteiger partial charge in [-0.3, -0.25) is 0 Å². The lowest BCUT2D eigenvalue weighted by atomic mass is 9.53. The lowest BCUT2D eigenvalue weighted by Gasteiger charge is -2.52. The molecule has 3 fully saturated rings. The van der Waals surface area contributed by atoms with E-state index in [1.807, 2.05) is 0 Å². The van der Waals surface area contributed by atoms with Crippen molar-refractivity contribution in [3.8, 4) is 0 Å². The van der Waals surface area contributed by atoms with Crippen molar-refractivity contribution in [2.24, 2.45) is 23.2 Å². The summed E-state index contributed by atoms with van der Waals surface area (Å²) < 4.78 is 0. The fourth-order valence-corrected chi connectivity index (χ4v) is 3.52. The number of hydrogen-bond donors (Lipinski definition) is 0. The zero-order chi connectivity index (χ0) is 8.77. The summed E-state index contributed by atoms with van der Waals surface area (Å²) in [6.45, 7) is 7.37. The van der Waals surface area contributed by atoms with Crippen LogP contribution in [0.5, 0.6) is 0 Å². The molecule has 0 heterocycles. The van der Waals surface area contributed by atoms with Gasteiger partial charge in [-0.2, -0.15) is 0 Å². The Bertz CT molecular complexity index is 163. The maximum absolute atomic E-state index is 2.54. The minimum Gasteiger partial charge on any atom is -0.0622 e. The van der Waals surface area contributed by atoms with E-state index in [2.05, 4.69) is 20.8 Å². The highest BCUT2D eigenvalue weighted by molar-refractivity contribution is 4.95. The first-order valence-electron chi connectivity index (χ1n) is 5.63. The van der Waals surface area contributed by atoms with Crippen molar-refractivity contribution in [3.63, 3.8) is 0 Å². The van der Waals surface area contributed by atoms with Crippen molar-refractivity contribution < 1.29 is 0 Å². The van der Waals surface area contributed by atoms with Crippen molar-refractivity contribution >= 4 is 0 Å². The van der Waals surface area contributed by atoms with Crippen LogP contribution in [0.25, 0.3) is 0 Å². The molecule has 1 atom stereocenters. The van der Waals surface area contributed by atoms with Gasteiger partial charge in [-0.1, -0.05) is 33.6 Å². The van der Waals surface area contributed by atoms with Crippen LogP contribution in [0.4, 0.5) is 0 Å². The Kier molecular flexibility index (Phi) is 1.97. The quantitative estimate of drug-likeness (QED) is 0.555. The van der Waals surface area contributed by atoms with Gasteiger partial charge in [0.1, 0.15) is 0 Å². The molecule has 0 heteroatoms. The molecule has 0 aliphatic heterocycles. The fourth-order valence-electron chi connectivity index (χ4n) is 3.52. The molecule has 70 valence electrons. The van der Waals surface area contributed by atoms with E-state index in [0.29, 0.717) is 5.41 Å². The van der Waals surface area contributed by atoms with Gasteiger partial charge in [0.05, 0.1) is 0 Å². The highest BCUT2D eigenvalue weighted by Gasteiger charge is 2.45. The largest absolute Gasteiger partial charge is 0.0622 e. The molecule has 3 aliphatic carbocycles. The summed E-state index contributed by atoms with van der Waals surface area (Å²) in [5.41, 5.74) is 0.696. The van der Waals surface area contributed by atoms with Gasteiger partial charge in [0.15, 0.2) is 0 Å². The van der Waals surface area contributed by atoms with Crippen molar-refractivity contribution in [1.82, 2.24) is 0 Å². The molecule has 2 bridgehead atoms. The topological polar surface area (TPSA) is 0 Å². The van der Waals surface area contributed by atoms with Crippen LogP contribution in [0.2, 0.25) is 0 Å². The Hall–Kier alpha value is 0. The van der Waals surface area contributed by atoms with Gasteiger partial charge in [0, 0.05) is 0 Å². The molecule has 0 radical (unpaired) electrons. The molecule has 0 saturated heterocycles. The first-order valence-corrected chi connectivity index (χ1v) is 5.63. The summed E-state index contributed by atoms with van der Waals surface area (Å²) >= 11 is 0. The van der Waals surface area contributed by atoms with E-state index in [4.69, 9.17) is 0 Å². The molecule has 0 N–H and O–H groups in total. The van der Waals surface area contributed by atoms with Crippen LogP contribution in [0.3, 0.4) is 0 Å². The van der Waals surface area contributed by atoms with E-state index in [0.717, 1.165) is 17.8 Å². The summed E-state index contributed by atoms with van der Waals surface area (Å²) in [5, 5.41) is 0. The number of rotatable bonds is 1. The van der Waals surface area contributed by atoms with Crippen molar-refractivity contribution in [1.29, 1.82) is 0 Å². The van der Waals surface area contributed by atoms with E-state index in [9.17, 15) is 0 Å². The Morgan fingerprint density at radius 2 is 1.67 bits per heavy atom. The molecule has 0 spiro atoms. The Morgan fingerprint density at radius 3 is 1.92 bits per heavy atom. The van der Waals surface area contributed by atoms with Crippen molar-refractivity contribution in [2.75, 3.05) is 0 Å². The average Bonchev–Trinajstić information content (AvgIpc) is 2.05. The minimum atomic E-state index is 0.696. The van der Waals surface area contributed by atoms with Gasteiger partial charge in [0.2, 0.25) is 0 Å². The van der Waals surface area contributed by atoms with E-state index < -0.39 is 0 Å². The van der Waals surface area contributed by atoms with Crippen molar-refractivity contribution in [3.05, 3.63) is 0 Å². The number of hydrogen-bond acceptors (Lipinski definition) is 0. The molecular weight excluding hydrogens is 144 g/mol. The lowest BCUT2D eigenvalue weighted by molar-refractivity contribution is -0.0201. The lowest BCUT2D eigenvalue weighted by Crippen LogP contribution is -2.42. The van der Waals surface area contributed by atoms with Crippen LogP contribution in [-0.4, -0.2) is 0 Å².